The fourth-order valence-corrected chi connectivity index (χ4v) is 4.23. The molecule has 5 rings (SSSR count). The lowest BCUT2D eigenvalue weighted by Crippen LogP contribution is -2.55. The Bertz CT molecular complexity index is 726. The van der Waals surface area contributed by atoms with Crippen molar-refractivity contribution in [1.29, 1.82) is 0 Å². The number of nitrogens with zero attached hydrogens (tertiary/aromatic N) is 1. The standard InChI is InChI=1S/C23H30N2O2/c1-2-26-23-14-19(15-24-21-16-25-12-10-20(21)11-13-25)8-9-22(23)27-17-18-6-4-3-5-7-18/h3-9,14,20-21,24H,2,10-13,15-17H2,1H3/t21-/m1/s1. The topological polar surface area (TPSA) is 33.7 Å². The van der Waals surface area contributed by atoms with Crippen LogP contribution in [0.25, 0.3) is 0 Å². The number of hydrogen-bond acceptors (Lipinski definition) is 4. The normalized spacial score (nSPS) is 24.0. The van der Waals surface area contributed by atoms with E-state index < -0.39 is 0 Å². The zero-order valence-electron chi connectivity index (χ0n) is 16.2. The molecule has 3 aliphatic rings. The summed E-state index contributed by atoms with van der Waals surface area (Å²) >= 11 is 0. The summed E-state index contributed by atoms with van der Waals surface area (Å²) in [4.78, 5) is 2.59. The smallest absolute Gasteiger partial charge is 0.161 e. The monoisotopic (exact) mass is 366 g/mol. The summed E-state index contributed by atoms with van der Waals surface area (Å²) in [6.45, 7) is 7.85. The van der Waals surface area contributed by atoms with Crippen molar-refractivity contribution >= 4 is 0 Å². The van der Waals surface area contributed by atoms with Gasteiger partial charge in [-0.3, -0.25) is 0 Å². The van der Waals surface area contributed by atoms with Gasteiger partial charge in [0.05, 0.1) is 6.61 Å². The summed E-state index contributed by atoms with van der Waals surface area (Å²) < 4.78 is 11.9. The number of fused-ring (bicyclic) bond motifs is 3. The van der Waals surface area contributed by atoms with Crippen LogP contribution >= 0.6 is 0 Å². The van der Waals surface area contributed by atoms with Crippen LogP contribution in [-0.2, 0) is 13.2 Å². The van der Waals surface area contributed by atoms with Crippen molar-refractivity contribution < 1.29 is 9.47 Å². The van der Waals surface area contributed by atoms with Crippen LogP contribution in [-0.4, -0.2) is 37.2 Å². The minimum atomic E-state index is 0.554. The van der Waals surface area contributed by atoms with E-state index in [0.29, 0.717) is 19.3 Å². The van der Waals surface area contributed by atoms with E-state index in [2.05, 4.69) is 34.5 Å². The van der Waals surface area contributed by atoms with Gasteiger partial charge in [-0.15, -0.1) is 0 Å². The number of ether oxygens (including phenoxy) is 2. The third-order valence-electron chi connectivity index (χ3n) is 5.77. The first-order chi connectivity index (χ1) is 13.3. The number of nitrogens with one attached hydrogen (secondary N) is 1. The highest BCUT2D eigenvalue weighted by Gasteiger charge is 2.33. The number of piperidine rings is 3. The van der Waals surface area contributed by atoms with Crippen molar-refractivity contribution in [2.45, 2.75) is 39.0 Å². The van der Waals surface area contributed by atoms with E-state index in [1.54, 1.807) is 0 Å². The quantitative estimate of drug-likeness (QED) is 0.769. The van der Waals surface area contributed by atoms with Crippen molar-refractivity contribution in [3.63, 3.8) is 0 Å². The Morgan fingerprint density at radius 2 is 1.78 bits per heavy atom. The van der Waals surface area contributed by atoms with E-state index in [0.717, 1.165) is 29.5 Å². The van der Waals surface area contributed by atoms with Crippen molar-refractivity contribution in [3.8, 4) is 11.5 Å². The van der Waals surface area contributed by atoms with Crippen LogP contribution in [0.15, 0.2) is 48.5 Å². The SMILES string of the molecule is CCOc1cc(CN[C@@H]2CN3CCC2CC3)ccc1OCc1ccccc1. The summed E-state index contributed by atoms with van der Waals surface area (Å²) in [5, 5.41) is 3.78. The Kier molecular flexibility index (Phi) is 5.95. The van der Waals surface area contributed by atoms with E-state index in [4.69, 9.17) is 9.47 Å². The lowest BCUT2D eigenvalue weighted by molar-refractivity contribution is 0.0720. The first-order valence-corrected chi connectivity index (χ1v) is 10.2. The van der Waals surface area contributed by atoms with Gasteiger partial charge in [0.25, 0.3) is 0 Å². The van der Waals surface area contributed by atoms with Crippen LogP contribution < -0.4 is 14.8 Å². The fraction of sp³-hybridized carbons (Fsp3) is 0.478. The molecule has 1 atom stereocenters. The molecule has 0 aromatic heterocycles. The molecular formula is C23H30N2O2. The lowest BCUT2D eigenvalue weighted by Gasteiger charge is -2.45. The Balaban J connectivity index is 1.38. The molecule has 2 aromatic carbocycles. The van der Waals surface area contributed by atoms with Gasteiger partial charge < -0.3 is 19.7 Å². The minimum Gasteiger partial charge on any atom is -0.490 e. The van der Waals surface area contributed by atoms with E-state index in [1.807, 2.05) is 31.2 Å². The third-order valence-corrected chi connectivity index (χ3v) is 5.77. The highest BCUT2D eigenvalue weighted by Crippen LogP contribution is 2.30. The minimum absolute atomic E-state index is 0.554. The zero-order valence-corrected chi connectivity index (χ0v) is 16.2. The molecule has 3 saturated heterocycles. The largest absolute Gasteiger partial charge is 0.490 e. The molecule has 3 aliphatic heterocycles. The summed E-state index contributed by atoms with van der Waals surface area (Å²) in [5.41, 5.74) is 2.41. The molecule has 0 spiro atoms. The molecule has 0 amide bonds. The van der Waals surface area contributed by atoms with Gasteiger partial charge in [0.15, 0.2) is 11.5 Å². The van der Waals surface area contributed by atoms with Crippen molar-refractivity contribution in [3.05, 3.63) is 59.7 Å². The third kappa shape index (κ3) is 4.63. The summed E-state index contributed by atoms with van der Waals surface area (Å²) in [7, 11) is 0. The predicted molar refractivity (Wildman–Crippen MR) is 108 cm³/mol. The number of hydrogen-bond donors (Lipinski definition) is 1. The number of benzene rings is 2. The van der Waals surface area contributed by atoms with E-state index in [-0.39, 0.29) is 0 Å². The summed E-state index contributed by atoms with van der Waals surface area (Å²) in [6, 6.07) is 17.2. The zero-order chi connectivity index (χ0) is 18.5. The van der Waals surface area contributed by atoms with E-state index in [9.17, 15) is 0 Å². The van der Waals surface area contributed by atoms with Gasteiger partial charge in [0.2, 0.25) is 0 Å². The highest BCUT2D eigenvalue weighted by atomic mass is 16.5. The second-order valence-electron chi connectivity index (χ2n) is 7.61. The average molecular weight is 367 g/mol. The molecule has 0 radical (unpaired) electrons. The van der Waals surface area contributed by atoms with Gasteiger partial charge in [-0.1, -0.05) is 36.4 Å². The predicted octanol–water partition coefficient (Wildman–Crippen LogP) is 3.85. The molecule has 3 fully saturated rings. The maximum atomic E-state index is 6.01. The summed E-state index contributed by atoms with van der Waals surface area (Å²) in [6.07, 6.45) is 2.68. The van der Waals surface area contributed by atoms with Crippen LogP contribution in [0.5, 0.6) is 11.5 Å². The van der Waals surface area contributed by atoms with Crippen LogP contribution in [0.3, 0.4) is 0 Å². The Morgan fingerprint density at radius 3 is 2.48 bits per heavy atom. The molecule has 0 saturated carbocycles. The number of rotatable bonds is 8. The molecule has 2 aromatic rings. The maximum Gasteiger partial charge on any atom is 0.161 e. The van der Waals surface area contributed by atoms with Crippen LogP contribution in [0, 0.1) is 5.92 Å². The van der Waals surface area contributed by atoms with Crippen LogP contribution in [0.1, 0.15) is 30.9 Å². The van der Waals surface area contributed by atoms with E-state index >= 15 is 0 Å². The van der Waals surface area contributed by atoms with Crippen molar-refractivity contribution in [2.24, 2.45) is 5.92 Å². The van der Waals surface area contributed by atoms with Crippen molar-refractivity contribution in [2.75, 3.05) is 26.2 Å². The lowest BCUT2D eigenvalue weighted by atomic mass is 9.84. The molecular weight excluding hydrogens is 336 g/mol. The van der Waals surface area contributed by atoms with Crippen LogP contribution in [0.4, 0.5) is 0 Å². The first-order valence-electron chi connectivity index (χ1n) is 10.2. The van der Waals surface area contributed by atoms with E-state index in [1.165, 1.54) is 38.0 Å². The maximum absolute atomic E-state index is 6.01. The molecule has 144 valence electrons. The second kappa shape index (κ2) is 8.77. The van der Waals surface area contributed by atoms with Crippen LogP contribution in [0.2, 0.25) is 0 Å². The molecule has 1 N–H and O–H groups in total. The molecule has 3 heterocycles. The Labute approximate surface area is 162 Å². The Hall–Kier alpha value is -2.04. The van der Waals surface area contributed by atoms with Gasteiger partial charge in [0, 0.05) is 19.1 Å². The second-order valence-corrected chi connectivity index (χ2v) is 7.61. The molecule has 4 nitrogen and oxygen atoms in total. The fourth-order valence-electron chi connectivity index (χ4n) is 4.23. The molecule has 27 heavy (non-hydrogen) atoms. The van der Waals surface area contributed by atoms with Gasteiger partial charge >= 0.3 is 0 Å². The summed E-state index contributed by atoms with van der Waals surface area (Å²) in [5.74, 6) is 2.49. The van der Waals surface area contributed by atoms with Crippen molar-refractivity contribution in [1.82, 2.24) is 10.2 Å². The molecule has 4 heteroatoms. The molecule has 0 aliphatic carbocycles. The average Bonchev–Trinajstić information content (AvgIpc) is 2.73. The van der Waals surface area contributed by atoms with Gasteiger partial charge in [-0.05, 0) is 62.0 Å². The van der Waals surface area contributed by atoms with Gasteiger partial charge in [0.1, 0.15) is 6.61 Å². The molecule has 2 bridgehead atoms. The molecule has 0 unspecified atom stereocenters. The van der Waals surface area contributed by atoms with Gasteiger partial charge in [-0.25, -0.2) is 0 Å². The Morgan fingerprint density at radius 1 is 0.963 bits per heavy atom. The highest BCUT2D eigenvalue weighted by molar-refractivity contribution is 5.43. The first kappa shape index (κ1) is 18.3. The van der Waals surface area contributed by atoms with Gasteiger partial charge in [-0.2, -0.15) is 0 Å².